The Morgan fingerprint density at radius 1 is 1.37 bits per heavy atom. The number of hydrogen-bond acceptors (Lipinski definition) is 5. The normalized spacial score (nSPS) is 16.8. The van der Waals surface area contributed by atoms with Gasteiger partial charge in [-0.05, 0) is 45.7 Å². The van der Waals surface area contributed by atoms with E-state index in [9.17, 15) is 9.59 Å². The molecule has 0 radical (unpaired) electrons. The molecule has 1 aromatic rings. The van der Waals surface area contributed by atoms with Crippen molar-refractivity contribution in [2.75, 3.05) is 32.1 Å². The van der Waals surface area contributed by atoms with Gasteiger partial charge in [0, 0.05) is 31.1 Å². The first-order valence-corrected chi connectivity index (χ1v) is 9.31. The van der Waals surface area contributed by atoms with E-state index in [-0.39, 0.29) is 18.0 Å². The molecule has 1 fully saturated rings. The van der Waals surface area contributed by atoms with Crippen LogP contribution in [-0.2, 0) is 9.47 Å². The first kappa shape index (κ1) is 20.8. The lowest BCUT2D eigenvalue weighted by atomic mass is 9.90. The van der Waals surface area contributed by atoms with Crippen molar-refractivity contribution in [2.24, 2.45) is 0 Å². The van der Waals surface area contributed by atoms with Gasteiger partial charge in [-0.3, -0.25) is 0 Å². The topological polar surface area (TPSA) is 67.9 Å². The van der Waals surface area contributed by atoms with Crippen LogP contribution in [0.4, 0.5) is 10.5 Å². The van der Waals surface area contributed by atoms with Crippen molar-refractivity contribution in [1.82, 2.24) is 4.90 Å². The number of nitrogens with one attached hydrogen (secondary N) is 1. The number of ether oxygens (including phenoxy) is 2. The maximum absolute atomic E-state index is 12.4. The minimum Gasteiger partial charge on any atom is -0.465 e. The molecular formula is C21H30N2O4. The molecule has 6 nitrogen and oxygen atoms in total. The Kier molecular flexibility index (Phi) is 6.52. The Morgan fingerprint density at radius 2 is 2.07 bits per heavy atom. The average molecular weight is 374 g/mol. The summed E-state index contributed by atoms with van der Waals surface area (Å²) in [5.41, 5.74) is 2.66. The molecule has 1 aliphatic heterocycles. The molecule has 27 heavy (non-hydrogen) atoms. The van der Waals surface area contributed by atoms with Crippen LogP contribution in [0, 0.1) is 0 Å². The van der Waals surface area contributed by atoms with Gasteiger partial charge in [0.25, 0.3) is 0 Å². The van der Waals surface area contributed by atoms with Crippen molar-refractivity contribution in [3.05, 3.63) is 35.4 Å². The molecule has 148 valence electrons. The van der Waals surface area contributed by atoms with E-state index in [2.05, 4.69) is 11.9 Å². The van der Waals surface area contributed by atoms with Crippen molar-refractivity contribution >= 4 is 23.8 Å². The van der Waals surface area contributed by atoms with E-state index in [1.165, 1.54) is 7.11 Å². The average Bonchev–Trinajstić information content (AvgIpc) is 3.09. The number of anilines is 1. The number of benzene rings is 1. The van der Waals surface area contributed by atoms with Crippen LogP contribution in [-0.4, -0.2) is 49.3 Å². The molecule has 1 heterocycles. The van der Waals surface area contributed by atoms with Crippen molar-refractivity contribution in [3.8, 4) is 0 Å². The summed E-state index contributed by atoms with van der Waals surface area (Å²) < 4.78 is 10.4. The third-order valence-electron chi connectivity index (χ3n) is 4.52. The molecule has 0 spiro atoms. The predicted molar refractivity (Wildman–Crippen MR) is 107 cm³/mol. The lowest BCUT2D eigenvalue weighted by Crippen LogP contribution is -2.35. The highest BCUT2D eigenvalue weighted by atomic mass is 16.6. The zero-order valence-corrected chi connectivity index (χ0v) is 16.9. The Labute approximate surface area is 161 Å². The lowest BCUT2D eigenvalue weighted by molar-refractivity contribution is 0.0292. The molecular weight excluding hydrogens is 344 g/mol. The fourth-order valence-electron chi connectivity index (χ4n) is 3.37. The molecule has 0 aromatic heterocycles. The fraction of sp³-hybridized carbons (Fsp3) is 0.524. The molecule has 1 amide bonds. The van der Waals surface area contributed by atoms with Gasteiger partial charge in [0.05, 0.1) is 18.4 Å². The molecule has 2 rings (SSSR count). The highest BCUT2D eigenvalue weighted by Crippen LogP contribution is 2.36. The van der Waals surface area contributed by atoms with Crippen LogP contribution in [0.15, 0.2) is 18.7 Å². The number of hydrogen-bond donors (Lipinski definition) is 1. The molecule has 0 saturated carbocycles. The number of carbonyl (C=O) groups is 2. The Morgan fingerprint density at radius 3 is 2.63 bits per heavy atom. The van der Waals surface area contributed by atoms with Gasteiger partial charge in [0.15, 0.2) is 0 Å². The second-order valence-corrected chi connectivity index (χ2v) is 7.63. The van der Waals surface area contributed by atoms with Gasteiger partial charge in [-0.15, -0.1) is 0 Å². The van der Waals surface area contributed by atoms with Crippen molar-refractivity contribution < 1.29 is 19.1 Å². The van der Waals surface area contributed by atoms with Gasteiger partial charge in [-0.1, -0.05) is 18.7 Å². The largest absolute Gasteiger partial charge is 0.465 e. The molecule has 0 aliphatic carbocycles. The fourth-order valence-corrected chi connectivity index (χ4v) is 3.37. The van der Waals surface area contributed by atoms with E-state index in [4.69, 9.17) is 9.47 Å². The van der Waals surface area contributed by atoms with E-state index in [1.807, 2.05) is 33.8 Å². The van der Waals surface area contributed by atoms with Crippen molar-refractivity contribution in [3.63, 3.8) is 0 Å². The zero-order chi connectivity index (χ0) is 20.2. The minimum atomic E-state index is -0.512. The van der Waals surface area contributed by atoms with Crippen LogP contribution in [0.3, 0.4) is 0 Å². The number of likely N-dealkylation sites (tertiary alicyclic amines) is 1. The van der Waals surface area contributed by atoms with E-state index in [0.29, 0.717) is 25.2 Å². The van der Waals surface area contributed by atoms with Gasteiger partial charge in [-0.25, -0.2) is 9.59 Å². The van der Waals surface area contributed by atoms with E-state index in [1.54, 1.807) is 17.0 Å². The molecule has 6 heteroatoms. The Balaban J connectivity index is 2.31. The smallest absolute Gasteiger partial charge is 0.410 e. The molecule has 1 aliphatic rings. The minimum absolute atomic E-state index is 0.162. The summed E-state index contributed by atoms with van der Waals surface area (Å²) >= 11 is 0. The van der Waals surface area contributed by atoms with Gasteiger partial charge < -0.3 is 19.7 Å². The lowest BCUT2D eigenvalue weighted by Gasteiger charge is -2.25. The predicted octanol–water partition coefficient (Wildman–Crippen LogP) is 4.27. The SMILES string of the molecule is C=Cc1c(C2CCN(C(=O)OC(C)(C)C)C2)ccc(C(=O)OC)c1NCC. The number of methoxy groups -OCH3 is 1. The number of rotatable bonds is 5. The highest BCUT2D eigenvalue weighted by Gasteiger charge is 2.32. The summed E-state index contributed by atoms with van der Waals surface area (Å²) in [5.74, 6) is -0.225. The number of nitrogens with zero attached hydrogens (tertiary/aromatic N) is 1. The molecule has 1 unspecified atom stereocenters. The van der Waals surface area contributed by atoms with Crippen LogP contribution in [0.25, 0.3) is 6.08 Å². The Bertz CT molecular complexity index is 722. The summed E-state index contributed by atoms with van der Waals surface area (Å²) in [6, 6.07) is 3.72. The number of amides is 1. The summed E-state index contributed by atoms with van der Waals surface area (Å²) in [4.78, 5) is 26.2. The molecule has 1 aromatic carbocycles. The van der Waals surface area contributed by atoms with Crippen LogP contribution in [0.5, 0.6) is 0 Å². The second kappa shape index (κ2) is 8.46. The van der Waals surface area contributed by atoms with Gasteiger partial charge in [-0.2, -0.15) is 0 Å². The van der Waals surface area contributed by atoms with Gasteiger partial charge in [0.2, 0.25) is 0 Å². The summed E-state index contributed by atoms with van der Waals surface area (Å²) in [7, 11) is 1.37. The second-order valence-electron chi connectivity index (χ2n) is 7.63. The highest BCUT2D eigenvalue weighted by molar-refractivity contribution is 5.98. The molecule has 1 N–H and O–H groups in total. The monoisotopic (exact) mass is 374 g/mol. The zero-order valence-electron chi connectivity index (χ0n) is 16.9. The van der Waals surface area contributed by atoms with Crippen LogP contribution < -0.4 is 5.32 Å². The third kappa shape index (κ3) is 4.81. The quantitative estimate of drug-likeness (QED) is 0.780. The van der Waals surface area contributed by atoms with E-state index < -0.39 is 5.60 Å². The van der Waals surface area contributed by atoms with Crippen molar-refractivity contribution in [1.29, 1.82) is 0 Å². The molecule has 1 saturated heterocycles. The number of esters is 1. The van der Waals surface area contributed by atoms with Crippen LogP contribution >= 0.6 is 0 Å². The van der Waals surface area contributed by atoms with Crippen LogP contribution in [0.1, 0.15) is 61.5 Å². The molecule has 0 bridgehead atoms. The first-order valence-electron chi connectivity index (χ1n) is 9.31. The first-order chi connectivity index (χ1) is 12.7. The summed E-state index contributed by atoms with van der Waals surface area (Å²) in [5, 5.41) is 3.26. The van der Waals surface area contributed by atoms with Crippen molar-refractivity contribution in [2.45, 2.75) is 45.6 Å². The summed E-state index contributed by atoms with van der Waals surface area (Å²) in [6.07, 6.45) is 2.31. The number of carbonyl (C=O) groups excluding carboxylic acids is 2. The van der Waals surface area contributed by atoms with E-state index in [0.717, 1.165) is 23.2 Å². The maximum atomic E-state index is 12.4. The standard InChI is InChI=1S/C21H30N2O4/c1-7-15-16(9-10-17(19(24)26-6)18(15)22-8-2)14-11-12-23(13-14)20(25)27-21(3,4)5/h7,9-10,14,22H,1,8,11-13H2,2-6H3. The van der Waals surface area contributed by atoms with E-state index >= 15 is 0 Å². The molecule has 1 atom stereocenters. The summed E-state index contributed by atoms with van der Waals surface area (Å²) in [6.45, 7) is 13.4. The van der Waals surface area contributed by atoms with Crippen LogP contribution in [0.2, 0.25) is 0 Å². The van der Waals surface area contributed by atoms with Gasteiger partial charge >= 0.3 is 12.1 Å². The Hall–Kier alpha value is -2.50. The third-order valence-corrected chi connectivity index (χ3v) is 4.52. The van der Waals surface area contributed by atoms with Gasteiger partial charge in [0.1, 0.15) is 5.60 Å². The maximum Gasteiger partial charge on any atom is 0.410 e.